The van der Waals surface area contributed by atoms with E-state index < -0.39 is 49.3 Å². The van der Waals surface area contributed by atoms with Crippen molar-refractivity contribution in [2.45, 2.75) is 20.8 Å². The zero-order chi connectivity index (χ0) is 14.1. The van der Waals surface area contributed by atoms with E-state index in [2.05, 4.69) is 11.8 Å². The fraction of sp³-hybridized carbons (Fsp3) is 1.00. The normalized spacial score (nSPS) is 14.8. The summed E-state index contributed by atoms with van der Waals surface area (Å²) in [4.78, 5) is 0. The molecule has 0 saturated heterocycles. The highest BCUT2D eigenvalue weighted by Gasteiger charge is 2.53. The van der Waals surface area contributed by atoms with Crippen LogP contribution in [0.3, 0.4) is 0 Å². The molecule has 0 bridgehead atoms. The molecule has 17 heavy (non-hydrogen) atoms. The summed E-state index contributed by atoms with van der Waals surface area (Å²) in [6.07, 6.45) is 0. The zero-order valence-electron chi connectivity index (χ0n) is 9.65. The lowest BCUT2D eigenvalue weighted by Gasteiger charge is -2.20. The maximum atomic E-state index is 11.8. The van der Waals surface area contributed by atoms with Crippen LogP contribution in [0.15, 0.2) is 0 Å². The summed E-state index contributed by atoms with van der Waals surface area (Å²) < 4.78 is 66.3. The molecular formula is C6H15O6PS4. The molecule has 0 rings (SSSR count). The molecule has 0 aliphatic rings. The van der Waals surface area contributed by atoms with Crippen molar-refractivity contribution in [2.75, 3.05) is 17.3 Å². The molecule has 0 spiro atoms. The van der Waals surface area contributed by atoms with Crippen molar-refractivity contribution in [3.63, 3.8) is 0 Å². The van der Waals surface area contributed by atoms with E-state index in [9.17, 15) is 25.3 Å². The molecule has 0 amide bonds. The Morgan fingerprint density at radius 1 is 0.706 bits per heavy atom. The van der Waals surface area contributed by atoms with Crippen molar-refractivity contribution in [2.24, 2.45) is 0 Å². The van der Waals surface area contributed by atoms with Crippen molar-refractivity contribution in [3.05, 3.63) is 0 Å². The molecule has 0 aliphatic carbocycles. The lowest BCUT2D eigenvalue weighted by Crippen LogP contribution is -2.21. The summed E-state index contributed by atoms with van der Waals surface area (Å²) in [5, 5.41) is 0. The van der Waals surface area contributed by atoms with E-state index in [4.69, 9.17) is 0 Å². The van der Waals surface area contributed by atoms with Crippen LogP contribution >= 0.6 is 3.64 Å². The molecule has 0 fully saturated rings. The lowest BCUT2D eigenvalue weighted by molar-refractivity contribution is 0.605. The second-order valence-corrected chi connectivity index (χ2v) is 24.9. The monoisotopic (exact) mass is 342 g/mol. The molecule has 0 heterocycles. The van der Waals surface area contributed by atoms with Gasteiger partial charge >= 0.3 is 0 Å². The van der Waals surface area contributed by atoms with Crippen molar-refractivity contribution in [1.29, 1.82) is 0 Å². The van der Waals surface area contributed by atoms with Gasteiger partial charge in [0.2, 0.25) is 28.4 Å². The fourth-order valence-corrected chi connectivity index (χ4v) is 26.8. The van der Waals surface area contributed by atoms with Crippen LogP contribution < -0.4 is 0 Å². The predicted molar refractivity (Wildman–Crippen MR) is 72.7 cm³/mol. The quantitative estimate of drug-likeness (QED) is 0.648. The average Bonchev–Trinajstić information content (AvgIpc) is 2.27. The Bertz CT molecular complexity index is 536. The Hall–Kier alpha value is 0.500. The van der Waals surface area contributed by atoms with E-state index in [0.717, 1.165) is 0 Å². The van der Waals surface area contributed by atoms with Gasteiger partial charge < -0.3 is 0 Å². The average molecular weight is 342 g/mol. The largest absolute Gasteiger partial charge is 0.284 e. The van der Waals surface area contributed by atoms with Crippen LogP contribution in [0.4, 0.5) is 0 Å². The first-order valence-corrected chi connectivity index (χ1v) is 14.3. The number of rotatable bonds is 6. The van der Waals surface area contributed by atoms with Crippen LogP contribution in [0.25, 0.3) is 0 Å². The smallest absolute Gasteiger partial charge is 0.222 e. The van der Waals surface area contributed by atoms with E-state index in [1.165, 1.54) is 20.8 Å². The van der Waals surface area contributed by atoms with Crippen LogP contribution in [0.1, 0.15) is 20.8 Å². The van der Waals surface area contributed by atoms with Gasteiger partial charge in [-0.1, -0.05) is 20.8 Å². The Labute approximate surface area is 107 Å². The highest BCUT2D eigenvalue weighted by atomic mass is 33.5. The van der Waals surface area contributed by atoms with Crippen LogP contribution in [0, 0.1) is 0 Å². The molecule has 0 atom stereocenters. The second-order valence-electron chi connectivity index (χ2n) is 3.06. The Balaban J connectivity index is 6.66. The van der Waals surface area contributed by atoms with E-state index in [-0.39, 0.29) is 0 Å². The van der Waals surface area contributed by atoms with Crippen LogP contribution in [-0.2, 0) is 40.2 Å². The summed E-state index contributed by atoms with van der Waals surface area (Å²) in [5.41, 5.74) is 0. The minimum atomic E-state index is -4.58. The molecular weight excluding hydrogens is 327 g/mol. The van der Waals surface area contributed by atoms with E-state index in [0.29, 0.717) is 0 Å². The van der Waals surface area contributed by atoms with Gasteiger partial charge in [-0.15, -0.1) is 0 Å². The summed E-state index contributed by atoms with van der Waals surface area (Å²) in [7, 11) is -13.0. The minimum Gasteiger partial charge on any atom is -0.222 e. The summed E-state index contributed by atoms with van der Waals surface area (Å²) in [6, 6.07) is 0. The van der Waals surface area contributed by atoms with Crippen molar-refractivity contribution in [1.82, 2.24) is 0 Å². The Kier molecular flexibility index (Phi) is 5.40. The van der Waals surface area contributed by atoms with Crippen LogP contribution in [-0.4, -0.2) is 42.5 Å². The van der Waals surface area contributed by atoms with E-state index in [1.54, 1.807) is 0 Å². The first kappa shape index (κ1) is 17.5. The van der Waals surface area contributed by atoms with Gasteiger partial charge in [-0.25, -0.2) is 25.3 Å². The first-order valence-electron chi connectivity index (χ1n) is 4.72. The maximum absolute atomic E-state index is 11.8. The summed E-state index contributed by atoms with van der Waals surface area (Å²) >= 11 is 4.65. The predicted octanol–water partition coefficient (Wildman–Crippen LogP) is 0.515. The number of hydrogen-bond acceptors (Lipinski definition) is 7. The molecule has 0 radical (unpaired) electrons. The van der Waals surface area contributed by atoms with Gasteiger partial charge in [0.15, 0.2) is 0 Å². The topological polar surface area (TPSA) is 102 Å². The Morgan fingerprint density at radius 2 is 0.882 bits per heavy atom. The van der Waals surface area contributed by atoms with Crippen LogP contribution in [0.5, 0.6) is 0 Å². The van der Waals surface area contributed by atoms with Gasteiger partial charge in [0.25, 0.3) is 3.64 Å². The van der Waals surface area contributed by atoms with Gasteiger partial charge in [0, 0.05) is 0 Å². The molecule has 0 N–H and O–H groups in total. The zero-order valence-corrected chi connectivity index (χ0v) is 13.8. The van der Waals surface area contributed by atoms with Gasteiger partial charge in [0.05, 0.1) is 17.3 Å². The molecule has 0 aromatic heterocycles. The molecule has 0 aromatic carbocycles. The van der Waals surface area contributed by atoms with Gasteiger partial charge in [-0.05, 0) is 11.8 Å². The third-order valence-corrected chi connectivity index (χ3v) is 33.2. The second kappa shape index (κ2) is 5.24. The maximum Gasteiger partial charge on any atom is 0.284 e. The third kappa shape index (κ3) is 2.60. The van der Waals surface area contributed by atoms with Crippen molar-refractivity contribution >= 4 is 43.8 Å². The fourth-order valence-electron chi connectivity index (χ4n) is 0.993. The van der Waals surface area contributed by atoms with Crippen molar-refractivity contribution < 1.29 is 25.3 Å². The minimum absolute atomic E-state index is 0.595. The van der Waals surface area contributed by atoms with Gasteiger partial charge in [0.1, 0.15) is 0 Å². The highest BCUT2D eigenvalue weighted by Crippen LogP contribution is 2.64. The van der Waals surface area contributed by atoms with Gasteiger partial charge in [-0.2, -0.15) is 0 Å². The molecule has 0 saturated carbocycles. The van der Waals surface area contributed by atoms with Crippen LogP contribution in [0.2, 0.25) is 0 Å². The lowest BCUT2D eigenvalue weighted by atomic mass is 11.0. The summed E-state index contributed by atoms with van der Waals surface area (Å²) in [5.74, 6) is -1.78. The van der Waals surface area contributed by atoms with E-state index >= 15 is 0 Å². The highest BCUT2D eigenvalue weighted by molar-refractivity contribution is 9.17. The molecule has 0 aromatic rings. The van der Waals surface area contributed by atoms with Crippen molar-refractivity contribution in [3.8, 4) is 0 Å². The molecule has 6 nitrogen and oxygen atoms in total. The standard InChI is InChI=1S/C6H15O6PS4/c1-4-15(7,8)13(14,16(9,10)5-2)17(11,12)6-3/h4-6H2,1-3H3. The third-order valence-electron chi connectivity index (χ3n) is 2.12. The van der Waals surface area contributed by atoms with Gasteiger partial charge in [-0.3, -0.25) is 0 Å². The Morgan fingerprint density at radius 3 is 1.00 bits per heavy atom. The molecule has 11 heteroatoms. The number of hydrogen-bond donors (Lipinski definition) is 0. The summed E-state index contributed by atoms with van der Waals surface area (Å²) in [6.45, 7) is 3.56. The molecule has 0 aliphatic heterocycles. The molecule has 0 unspecified atom stereocenters. The SMILES string of the molecule is CCS(=O)(=O)P(=S)(S(=O)(=O)CC)S(=O)(=O)CC. The van der Waals surface area contributed by atoms with E-state index in [1.807, 2.05) is 0 Å². The first-order chi connectivity index (χ1) is 7.43. The molecule has 104 valence electrons.